The van der Waals surface area contributed by atoms with E-state index in [1.54, 1.807) is 6.92 Å². The van der Waals surface area contributed by atoms with Crippen molar-refractivity contribution in [2.24, 2.45) is 0 Å². The normalized spacial score (nSPS) is 14.1. The van der Waals surface area contributed by atoms with Gasteiger partial charge >= 0.3 is 5.97 Å². The minimum absolute atomic E-state index is 0.183. The number of aliphatic hydroxyl groups is 1. The number of hydrogen-bond acceptors (Lipinski definition) is 4. The van der Waals surface area contributed by atoms with Crippen molar-refractivity contribution in [2.45, 2.75) is 38.8 Å². The van der Waals surface area contributed by atoms with Crippen LogP contribution in [0, 0.1) is 5.82 Å². The van der Waals surface area contributed by atoms with E-state index in [0.717, 1.165) is 31.5 Å². The molecule has 0 saturated carbocycles. The molecule has 0 amide bonds. The minimum Gasteiger partial charge on any atom is -0.489 e. The highest BCUT2D eigenvalue weighted by atomic mass is 19.1. The summed E-state index contributed by atoms with van der Waals surface area (Å²) in [6.07, 6.45) is 2.39. The molecule has 1 atom stereocenters. The molecule has 6 heteroatoms. The van der Waals surface area contributed by atoms with E-state index in [1.807, 2.05) is 42.5 Å². The Morgan fingerprint density at radius 1 is 0.970 bits per heavy atom. The van der Waals surface area contributed by atoms with Crippen molar-refractivity contribution in [2.75, 3.05) is 18.6 Å². The van der Waals surface area contributed by atoms with Gasteiger partial charge in [-0.3, -0.25) is 4.79 Å². The molecule has 2 N–H and O–H groups in total. The van der Waals surface area contributed by atoms with Crippen LogP contribution < -0.4 is 9.64 Å². The van der Waals surface area contributed by atoms with Gasteiger partial charge in [-0.1, -0.05) is 49.4 Å². The number of nitrogens with zero attached hydrogens (tertiary/aromatic N) is 1. The van der Waals surface area contributed by atoms with Crippen LogP contribution in [0.15, 0.2) is 78.9 Å². The molecular weight excluding hydrogens is 421 g/mol. The van der Waals surface area contributed by atoms with Crippen molar-refractivity contribution < 1.29 is 24.1 Å². The second-order valence-electron chi connectivity index (χ2n) is 7.48. The first-order chi connectivity index (χ1) is 16.0. The van der Waals surface area contributed by atoms with E-state index in [0.29, 0.717) is 12.6 Å². The molecule has 33 heavy (non-hydrogen) atoms. The van der Waals surface area contributed by atoms with Crippen LogP contribution in [0.5, 0.6) is 5.75 Å². The Labute approximate surface area is 195 Å². The van der Waals surface area contributed by atoms with Crippen LogP contribution in [-0.2, 0) is 17.8 Å². The first-order valence-corrected chi connectivity index (χ1v) is 11.0. The number of carboxylic acids is 1. The maximum atomic E-state index is 13.1. The van der Waals surface area contributed by atoms with Gasteiger partial charge in [0.05, 0.1) is 0 Å². The topological polar surface area (TPSA) is 70.0 Å². The van der Waals surface area contributed by atoms with Crippen LogP contribution in [0.2, 0.25) is 0 Å². The van der Waals surface area contributed by atoms with Gasteiger partial charge in [0.25, 0.3) is 0 Å². The van der Waals surface area contributed by atoms with Crippen molar-refractivity contribution in [3.63, 3.8) is 0 Å². The summed E-state index contributed by atoms with van der Waals surface area (Å²) < 4.78 is 18.9. The minimum atomic E-state index is -0.745. The molecule has 176 valence electrons. The summed E-state index contributed by atoms with van der Waals surface area (Å²) >= 11 is 0. The van der Waals surface area contributed by atoms with Crippen LogP contribution in [0.25, 0.3) is 0 Å². The molecule has 1 saturated heterocycles. The average Bonchev–Trinajstić information content (AvgIpc) is 2.85. The summed E-state index contributed by atoms with van der Waals surface area (Å²) in [5, 5.41) is 14.7. The summed E-state index contributed by atoms with van der Waals surface area (Å²) in [5.74, 6) is -0.0384. The lowest BCUT2D eigenvalue weighted by atomic mass is 9.94. The second-order valence-corrected chi connectivity index (χ2v) is 7.48. The fourth-order valence-electron chi connectivity index (χ4n) is 3.36. The predicted octanol–water partition coefficient (Wildman–Crippen LogP) is 5.32. The highest BCUT2D eigenvalue weighted by molar-refractivity contribution is 5.66. The fraction of sp³-hybridized carbons (Fsp3) is 0.296. The number of hydrogen-bond donors (Lipinski definition) is 2. The van der Waals surface area contributed by atoms with E-state index in [1.165, 1.54) is 29.7 Å². The third-order valence-corrected chi connectivity index (χ3v) is 5.25. The lowest BCUT2D eigenvalue weighted by Gasteiger charge is -2.43. The Hall–Kier alpha value is -3.38. The molecule has 0 aromatic heterocycles. The van der Waals surface area contributed by atoms with Crippen LogP contribution in [0.3, 0.4) is 0 Å². The molecule has 0 bridgehead atoms. The van der Waals surface area contributed by atoms with Crippen LogP contribution >= 0.6 is 0 Å². The molecule has 1 unspecified atom stereocenters. The lowest BCUT2D eigenvalue weighted by molar-refractivity contribution is -0.136. The zero-order valence-corrected chi connectivity index (χ0v) is 19.2. The Morgan fingerprint density at radius 3 is 2.09 bits per heavy atom. The Balaban J connectivity index is 0.000000489. The highest BCUT2D eigenvalue weighted by Crippen LogP contribution is 2.29. The Morgan fingerprint density at radius 2 is 1.58 bits per heavy atom. The number of aliphatic hydroxyl groups excluding tert-OH is 1. The fourth-order valence-corrected chi connectivity index (χ4v) is 3.36. The van der Waals surface area contributed by atoms with Crippen LogP contribution in [0.1, 0.15) is 30.9 Å². The van der Waals surface area contributed by atoms with Crippen molar-refractivity contribution in [3.8, 4) is 5.75 Å². The molecule has 0 aliphatic carbocycles. The number of rotatable bonds is 7. The van der Waals surface area contributed by atoms with Gasteiger partial charge in [0.2, 0.25) is 0 Å². The number of halogens is 1. The van der Waals surface area contributed by atoms with Gasteiger partial charge in [-0.25, -0.2) is 4.39 Å². The standard InChI is InChI=1S/C23H22FNO.C3H6O2.CH4O/c24-20-8-10-21(11-9-20)25-15-14-22(25)16-18-6-12-23(13-7-18)26-17-19-4-2-1-3-5-19;1-2-3(4)5;1-2/h1-13,22H,14-17H2;2H2,1H3,(H,4,5);2H,1H3. The molecule has 4 rings (SSSR count). The first kappa shape index (κ1) is 25.9. The number of aliphatic carboxylic acids is 1. The van der Waals surface area contributed by atoms with E-state index in [9.17, 15) is 9.18 Å². The van der Waals surface area contributed by atoms with Crippen molar-refractivity contribution in [3.05, 3.63) is 95.8 Å². The average molecular weight is 454 g/mol. The molecular formula is C27H32FNO4. The lowest BCUT2D eigenvalue weighted by Crippen LogP contribution is -2.49. The number of ether oxygens (including phenoxy) is 1. The zero-order valence-electron chi connectivity index (χ0n) is 19.2. The molecule has 3 aromatic rings. The van der Waals surface area contributed by atoms with E-state index < -0.39 is 5.97 Å². The van der Waals surface area contributed by atoms with Gasteiger partial charge in [-0.2, -0.15) is 0 Å². The third kappa shape index (κ3) is 8.58. The highest BCUT2D eigenvalue weighted by Gasteiger charge is 2.28. The van der Waals surface area contributed by atoms with Gasteiger partial charge in [-0.15, -0.1) is 0 Å². The molecule has 1 aliphatic rings. The SMILES string of the molecule is CCC(=O)O.CO.Fc1ccc(N2CCC2Cc2ccc(OCc3ccccc3)cc2)cc1. The summed E-state index contributed by atoms with van der Waals surface area (Å²) in [6.45, 7) is 3.22. The molecule has 1 fully saturated rings. The molecule has 1 aliphatic heterocycles. The summed E-state index contributed by atoms with van der Waals surface area (Å²) in [4.78, 5) is 11.7. The summed E-state index contributed by atoms with van der Waals surface area (Å²) in [7, 11) is 1.00. The summed E-state index contributed by atoms with van der Waals surface area (Å²) in [5.41, 5.74) is 3.57. The van der Waals surface area contributed by atoms with Crippen LogP contribution in [-0.4, -0.2) is 35.9 Å². The number of benzene rings is 3. The van der Waals surface area contributed by atoms with E-state index in [4.69, 9.17) is 14.9 Å². The monoisotopic (exact) mass is 453 g/mol. The van der Waals surface area contributed by atoms with Crippen molar-refractivity contribution >= 4 is 11.7 Å². The van der Waals surface area contributed by atoms with Gasteiger partial charge in [-0.05, 0) is 60.4 Å². The Kier molecular flexibility index (Phi) is 10.9. The van der Waals surface area contributed by atoms with Crippen molar-refractivity contribution in [1.82, 2.24) is 0 Å². The predicted molar refractivity (Wildman–Crippen MR) is 129 cm³/mol. The summed E-state index contributed by atoms with van der Waals surface area (Å²) in [6, 6.07) is 25.8. The quantitative estimate of drug-likeness (QED) is 0.507. The van der Waals surface area contributed by atoms with E-state index in [2.05, 4.69) is 29.2 Å². The van der Waals surface area contributed by atoms with Gasteiger partial charge in [0.1, 0.15) is 18.2 Å². The van der Waals surface area contributed by atoms with E-state index >= 15 is 0 Å². The third-order valence-electron chi connectivity index (χ3n) is 5.25. The molecule has 3 aromatic carbocycles. The molecule has 1 heterocycles. The maximum absolute atomic E-state index is 13.1. The smallest absolute Gasteiger partial charge is 0.303 e. The Bertz CT molecular complexity index is 946. The van der Waals surface area contributed by atoms with Crippen molar-refractivity contribution in [1.29, 1.82) is 0 Å². The van der Waals surface area contributed by atoms with Crippen LogP contribution in [0.4, 0.5) is 10.1 Å². The molecule has 0 spiro atoms. The first-order valence-electron chi connectivity index (χ1n) is 11.0. The number of anilines is 1. The van der Waals surface area contributed by atoms with Gasteiger partial charge < -0.3 is 19.8 Å². The molecule has 0 radical (unpaired) electrons. The maximum Gasteiger partial charge on any atom is 0.303 e. The second kappa shape index (κ2) is 13.9. The van der Waals surface area contributed by atoms with Gasteiger partial charge in [0, 0.05) is 31.8 Å². The number of carboxylic acid groups (broad SMARTS) is 1. The molecule has 5 nitrogen and oxygen atoms in total. The van der Waals surface area contributed by atoms with E-state index in [-0.39, 0.29) is 12.2 Å². The largest absolute Gasteiger partial charge is 0.489 e. The van der Waals surface area contributed by atoms with Gasteiger partial charge in [0.15, 0.2) is 0 Å². The zero-order chi connectivity index (χ0) is 24.1. The number of carbonyl (C=O) groups is 1.